The van der Waals surface area contributed by atoms with E-state index in [4.69, 9.17) is 11.6 Å². The minimum atomic E-state index is 0.719. The number of nitrogens with zero attached hydrogens (tertiary/aromatic N) is 1. The molecule has 0 amide bonds. The summed E-state index contributed by atoms with van der Waals surface area (Å²) in [6, 6.07) is 5.67. The van der Waals surface area contributed by atoms with E-state index in [1.807, 2.05) is 31.3 Å². The maximum Gasteiger partial charge on any atom is 0.0539 e. The largest absolute Gasteiger partial charge is 0.380 e. The number of aromatic nitrogens is 2. The number of rotatable bonds is 3. The van der Waals surface area contributed by atoms with Gasteiger partial charge in [0, 0.05) is 33.0 Å². The number of benzene rings is 1. The van der Waals surface area contributed by atoms with Crippen molar-refractivity contribution in [2.24, 2.45) is 0 Å². The first kappa shape index (κ1) is 11.5. The number of halogens is 2. The molecule has 0 radical (unpaired) electrons. The van der Waals surface area contributed by atoms with Crippen molar-refractivity contribution in [3.8, 4) is 0 Å². The molecule has 0 spiro atoms. The van der Waals surface area contributed by atoms with E-state index in [-0.39, 0.29) is 0 Å². The molecule has 1 aromatic heterocycles. The second kappa shape index (κ2) is 4.89. The van der Waals surface area contributed by atoms with E-state index in [1.165, 1.54) is 0 Å². The summed E-state index contributed by atoms with van der Waals surface area (Å²) < 4.78 is 0.959. The molecule has 0 bridgehead atoms. The maximum atomic E-state index is 5.87. The lowest BCUT2D eigenvalue weighted by atomic mass is 10.2. The van der Waals surface area contributed by atoms with Gasteiger partial charge in [0.1, 0.15) is 0 Å². The highest BCUT2D eigenvalue weighted by atomic mass is 79.9. The fourth-order valence-electron chi connectivity index (χ4n) is 1.38. The van der Waals surface area contributed by atoms with Crippen LogP contribution in [0.3, 0.4) is 0 Å². The molecule has 2 aromatic rings. The molecule has 0 aliphatic rings. The van der Waals surface area contributed by atoms with Gasteiger partial charge in [-0.25, -0.2) is 0 Å². The summed E-state index contributed by atoms with van der Waals surface area (Å²) in [5.74, 6) is 0. The van der Waals surface area contributed by atoms with Crippen molar-refractivity contribution < 1.29 is 0 Å². The molecule has 0 saturated carbocycles. The Labute approximate surface area is 107 Å². The second-order valence-corrected chi connectivity index (χ2v) is 4.79. The van der Waals surface area contributed by atoms with E-state index < -0.39 is 0 Å². The van der Waals surface area contributed by atoms with Gasteiger partial charge in [-0.2, -0.15) is 5.10 Å². The Bertz CT molecular complexity index is 496. The van der Waals surface area contributed by atoms with E-state index in [2.05, 4.69) is 31.4 Å². The highest BCUT2D eigenvalue weighted by Gasteiger charge is 2.03. The van der Waals surface area contributed by atoms with Crippen LogP contribution in [0.2, 0.25) is 5.02 Å². The summed E-state index contributed by atoms with van der Waals surface area (Å²) >= 11 is 9.33. The van der Waals surface area contributed by atoms with E-state index in [1.54, 1.807) is 0 Å². The van der Waals surface area contributed by atoms with Crippen molar-refractivity contribution in [2.45, 2.75) is 13.5 Å². The Balaban J connectivity index is 2.08. The number of H-pyrrole nitrogens is 1. The molecule has 0 atom stereocenters. The number of aromatic amines is 1. The lowest BCUT2D eigenvalue weighted by Gasteiger charge is -2.08. The minimum Gasteiger partial charge on any atom is -0.380 e. The Morgan fingerprint density at radius 2 is 2.31 bits per heavy atom. The van der Waals surface area contributed by atoms with Gasteiger partial charge in [-0.3, -0.25) is 5.10 Å². The highest BCUT2D eigenvalue weighted by molar-refractivity contribution is 9.10. The summed E-state index contributed by atoms with van der Waals surface area (Å²) in [4.78, 5) is 0. The van der Waals surface area contributed by atoms with E-state index in [0.717, 1.165) is 33.0 Å². The van der Waals surface area contributed by atoms with E-state index in [0.29, 0.717) is 0 Å². The lowest BCUT2D eigenvalue weighted by molar-refractivity contribution is 1.04. The van der Waals surface area contributed by atoms with Gasteiger partial charge in [0.15, 0.2) is 0 Å². The Kier molecular flexibility index (Phi) is 3.51. The SMILES string of the molecule is Cc1[nH]ncc1CNc1ccc(Cl)cc1Br. The van der Waals surface area contributed by atoms with Gasteiger partial charge in [-0.1, -0.05) is 11.6 Å². The van der Waals surface area contributed by atoms with Crippen molar-refractivity contribution in [1.29, 1.82) is 0 Å². The van der Waals surface area contributed by atoms with Gasteiger partial charge >= 0.3 is 0 Å². The first-order valence-electron chi connectivity index (χ1n) is 4.84. The maximum absolute atomic E-state index is 5.87. The summed E-state index contributed by atoms with van der Waals surface area (Å²) in [6.07, 6.45) is 1.83. The van der Waals surface area contributed by atoms with Crippen molar-refractivity contribution in [2.75, 3.05) is 5.32 Å². The quantitative estimate of drug-likeness (QED) is 0.906. The van der Waals surface area contributed by atoms with Gasteiger partial charge in [0.2, 0.25) is 0 Å². The number of nitrogens with one attached hydrogen (secondary N) is 2. The summed E-state index contributed by atoms with van der Waals surface area (Å²) in [7, 11) is 0. The molecule has 3 nitrogen and oxygen atoms in total. The first-order chi connectivity index (χ1) is 7.66. The van der Waals surface area contributed by atoms with E-state index >= 15 is 0 Å². The van der Waals surface area contributed by atoms with E-state index in [9.17, 15) is 0 Å². The van der Waals surface area contributed by atoms with Crippen molar-refractivity contribution >= 4 is 33.2 Å². The summed E-state index contributed by atoms with van der Waals surface area (Å²) in [6.45, 7) is 2.74. The average Bonchev–Trinajstić information content (AvgIpc) is 2.63. The zero-order valence-electron chi connectivity index (χ0n) is 8.72. The first-order valence-corrected chi connectivity index (χ1v) is 6.01. The van der Waals surface area contributed by atoms with Crippen molar-refractivity contribution in [3.05, 3.63) is 45.1 Å². The van der Waals surface area contributed by atoms with Gasteiger partial charge in [0.05, 0.1) is 6.20 Å². The molecule has 0 saturated heterocycles. The molecule has 1 aromatic carbocycles. The molecule has 2 rings (SSSR count). The van der Waals surface area contributed by atoms with Crippen LogP contribution in [0, 0.1) is 6.92 Å². The Morgan fingerprint density at radius 3 is 2.94 bits per heavy atom. The number of hydrogen-bond acceptors (Lipinski definition) is 2. The third-order valence-electron chi connectivity index (χ3n) is 2.33. The summed E-state index contributed by atoms with van der Waals surface area (Å²) in [5, 5.41) is 10.9. The molecular weight excluding hydrogens is 289 g/mol. The van der Waals surface area contributed by atoms with Crippen LogP contribution in [0.4, 0.5) is 5.69 Å². The molecule has 2 N–H and O–H groups in total. The molecule has 0 aliphatic heterocycles. The van der Waals surface area contributed by atoms with Crippen LogP contribution in [-0.4, -0.2) is 10.2 Å². The second-order valence-electron chi connectivity index (χ2n) is 3.50. The Hall–Kier alpha value is -1.000. The minimum absolute atomic E-state index is 0.719. The smallest absolute Gasteiger partial charge is 0.0539 e. The van der Waals surface area contributed by atoms with Crippen LogP contribution in [0.1, 0.15) is 11.3 Å². The monoisotopic (exact) mass is 299 g/mol. The highest BCUT2D eigenvalue weighted by Crippen LogP contribution is 2.26. The zero-order valence-corrected chi connectivity index (χ0v) is 11.1. The molecule has 5 heteroatoms. The van der Waals surface area contributed by atoms with Crippen LogP contribution >= 0.6 is 27.5 Å². The summed E-state index contributed by atoms with van der Waals surface area (Å²) in [5.41, 5.74) is 3.25. The van der Waals surface area contributed by atoms with Crippen LogP contribution in [0.5, 0.6) is 0 Å². The lowest BCUT2D eigenvalue weighted by Crippen LogP contribution is -2.00. The standard InChI is InChI=1S/C11H11BrClN3/c1-7-8(6-15-16-7)5-14-11-3-2-9(13)4-10(11)12/h2-4,6,14H,5H2,1H3,(H,15,16). The van der Waals surface area contributed by atoms with Gasteiger partial charge < -0.3 is 5.32 Å². The Morgan fingerprint density at radius 1 is 1.50 bits per heavy atom. The fourth-order valence-corrected chi connectivity index (χ4v) is 2.20. The zero-order chi connectivity index (χ0) is 11.5. The van der Waals surface area contributed by atoms with Gasteiger partial charge in [-0.05, 0) is 41.1 Å². The topological polar surface area (TPSA) is 40.7 Å². The van der Waals surface area contributed by atoms with Crippen LogP contribution in [0.15, 0.2) is 28.9 Å². The third kappa shape index (κ3) is 2.57. The molecule has 0 unspecified atom stereocenters. The van der Waals surface area contributed by atoms with Crippen LogP contribution in [-0.2, 0) is 6.54 Å². The molecule has 1 heterocycles. The molecule has 0 aliphatic carbocycles. The van der Waals surface area contributed by atoms with Crippen LogP contribution in [0.25, 0.3) is 0 Å². The van der Waals surface area contributed by atoms with Crippen molar-refractivity contribution in [3.63, 3.8) is 0 Å². The molecular formula is C11H11BrClN3. The average molecular weight is 301 g/mol. The molecule has 0 fully saturated rings. The van der Waals surface area contributed by atoms with Crippen molar-refractivity contribution in [1.82, 2.24) is 10.2 Å². The predicted octanol–water partition coefficient (Wildman–Crippen LogP) is 3.75. The number of anilines is 1. The normalized spacial score (nSPS) is 10.4. The number of aryl methyl sites for hydroxylation is 1. The van der Waals surface area contributed by atoms with Gasteiger partial charge in [-0.15, -0.1) is 0 Å². The molecule has 84 valence electrons. The third-order valence-corrected chi connectivity index (χ3v) is 3.23. The van der Waals surface area contributed by atoms with Crippen LogP contribution < -0.4 is 5.32 Å². The molecule has 16 heavy (non-hydrogen) atoms. The number of hydrogen-bond donors (Lipinski definition) is 2. The fraction of sp³-hybridized carbons (Fsp3) is 0.182. The predicted molar refractivity (Wildman–Crippen MR) is 69.8 cm³/mol. The van der Waals surface area contributed by atoms with Gasteiger partial charge in [0.25, 0.3) is 0 Å².